The van der Waals surface area contributed by atoms with Gasteiger partial charge in [-0.05, 0) is 59.0 Å². The van der Waals surface area contributed by atoms with Crippen molar-refractivity contribution in [2.75, 3.05) is 19.6 Å². The van der Waals surface area contributed by atoms with Gasteiger partial charge in [0.25, 0.3) is 0 Å². The first-order valence-corrected chi connectivity index (χ1v) is 11.8. The van der Waals surface area contributed by atoms with Gasteiger partial charge in [0, 0.05) is 28.5 Å². The van der Waals surface area contributed by atoms with E-state index in [2.05, 4.69) is 70.2 Å². The summed E-state index contributed by atoms with van der Waals surface area (Å²) in [6.07, 6.45) is 2.34. The van der Waals surface area contributed by atoms with E-state index in [4.69, 9.17) is 4.99 Å². The summed E-state index contributed by atoms with van der Waals surface area (Å²) in [6, 6.07) is 9.01. The minimum atomic E-state index is 0.264. The monoisotopic (exact) mass is 411 g/mol. The van der Waals surface area contributed by atoms with Gasteiger partial charge in [0.2, 0.25) is 0 Å². The zero-order valence-corrected chi connectivity index (χ0v) is 17.8. The summed E-state index contributed by atoms with van der Waals surface area (Å²) in [6.45, 7) is 7.46. The molecule has 0 radical (unpaired) electrons. The number of rotatable bonds is 3. The van der Waals surface area contributed by atoms with E-state index in [0.717, 1.165) is 24.8 Å². The number of hydrogen-bond acceptors (Lipinski definition) is 6. The standard InChI is InChI=1S/C21H21N3S3/c1-3-23-11-15(10-16-6-4-8-25-16)19-17(12-23)20(18-7-5-9-26-18)24-14(2)13-27-21(24)22-19/h4-10,13,20H,3,11-12H2,1-2H3/b15-10+. The summed E-state index contributed by atoms with van der Waals surface area (Å²) in [7, 11) is 0. The first kappa shape index (κ1) is 17.5. The minimum Gasteiger partial charge on any atom is -0.312 e. The molecule has 6 heteroatoms. The molecule has 0 N–H and O–H groups in total. The molecule has 2 aromatic heterocycles. The Morgan fingerprint density at radius 2 is 2.04 bits per heavy atom. The van der Waals surface area contributed by atoms with Crippen LogP contribution in [0.4, 0.5) is 0 Å². The Morgan fingerprint density at radius 3 is 2.78 bits per heavy atom. The van der Waals surface area contributed by atoms with Crippen LogP contribution in [-0.2, 0) is 0 Å². The number of nitrogens with zero attached hydrogens (tertiary/aromatic N) is 3. The van der Waals surface area contributed by atoms with Crippen molar-refractivity contribution in [1.29, 1.82) is 0 Å². The molecule has 3 nitrogen and oxygen atoms in total. The number of likely N-dealkylation sites (N-methyl/N-ethyl adjacent to an activating group) is 1. The predicted molar refractivity (Wildman–Crippen MR) is 119 cm³/mol. The number of fused-ring (bicyclic) bond motifs is 1. The third-order valence-electron chi connectivity index (χ3n) is 5.23. The molecule has 0 saturated carbocycles. The number of allylic oxidation sites excluding steroid dienone is 1. The Bertz CT molecular complexity index is 964. The Balaban J connectivity index is 1.68. The van der Waals surface area contributed by atoms with E-state index in [1.165, 1.54) is 32.3 Å². The van der Waals surface area contributed by atoms with Crippen molar-refractivity contribution < 1.29 is 0 Å². The van der Waals surface area contributed by atoms with Crippen LogP contribution in [0.25, 0.3) is 6.08 Å². The fraction of sp³-hybridized carbons (Fsp3) is 0.286. The maximum Gasteiger partial charge on any atom is 0.173 e. The Kier molecular flexibility index (Phi) is 4.60. The topological polar surface area (TPSA) is 18.8 Å². The molecule has 0 bridgehead atoms. The Hall–Kier alpha value is -1.60. The predicted octanol–water partition coefficient (Wildman–Crippen LogP) is 5.80. The summed E-state index contributed by atoms with van der Waals surface area (Å²) in [5.41, 5.74) is 5.29. The van der Waals surface area contributed by atoms with E-state index in [9.17, 15) is 0 Å². The van der Waals surface area contributed by atoms with Gasteiger partial charge in [-0.3, -0.25) is 4.90 Å². The third-order valence-corrected chi connectivity index (χ3v) is 7.93. The van der Waals surface area contributed by atoms with E-state index < -0.39 is 0 Å². The largest absolute Gasteiger partial charge is 0.312 e. The number of hydrogen-bond donors (Lipinski definition) is 0. The smallest absolute Gasteiger partial charge is 0.173 e. The second-order valence-corrected chi connectivity index (χ2v) is 9.72. The van der Waals surface area contributed by atoms with Crippen molar-refractivity contribution in [3.63, 3.8) is 0 Å². The molecular weight excluding hydrogens is 390 g/mol. The molecule has 0 aromatic carbocycles. The summed E-state index contributed by atoms with van der Waals surface area (Å²) >= 11 is 5.40. The van der Waals surface area contributed by atoms with Gasteiger partial charge in [-0.25, -0.2) is 4.99 Å². The van der Waals surface area contributed by atoms with Crippen LogP contribution in [0.5, 0.6) is 0 Å². The number of thioether (sulfide) groups is 1. The molecule has 3 aliphatic rings. The van der Waals surface area contributed by atoms with Crippen molar-refractivity contribution in [3.8, 4) is 0 Å². The van der Waals surface area contributed by atoms with Gasteiger partial charge in [0.15, 0.2) is 5.17 Å². The van der Waals surface area contributed by atoms with Gasteiger partial charge in [0.05, 0.1) is 11.7 Å². The Morgan fingerprint density at radius 1 is 1.19 bits per heavy atom. The second kappa shape index (κ2) is 7.09. The van der Waals surface area contributed by atoms with Crippen LogP contribution in [0.2, 0.25) is 0 Å². The number of thiophene rings is 2. The van der Waals surface area contributed by atoms with Crippen molar-refractivity contribution in [2.24, 2.45) is 4.99 Å². The number of amidine groups is 1. The molecule has 0 aliphatic carbocycles. The SMILES string of the molecule is CCN1CC2=C(N=C3SC=C(C)N3C2c2cccs2)/C(=C/c2cccs2)C1. The minimum absolute atomic E-state index is 0.264. The van der Waals surface area contributed by atoms with Gasteiger partial charge in [0.1, 0.15) is 0 Å². The first-order chi connectivity index (χ1) is 13.2. The van der Waals surface area contributed by atoms with Crippen LogP contribution < -0.4 is 0 Å². The second-order valence-electron chi connectivity index (χ2n) is 6.92. The van der Waals surface area contributed by atoms with Crippen LogP contribution in [-0.4, -0.2) is 34.6 Å². The molecule has 0 amide bonds. The summed E-state index contributed by atoms with van der Waals surface area (Å²) in [4.78, 5) is 12.8. The molecule has 0 saturated heterocycles. The van der Waals surface area contributed by atoms with Crippen LogP contribution in [0.1, 0.15) is 29.6 Å². The van der Waals surface area contributed by atoms with Gasteiger partial charge in [-0.15, -0.1) is 22.7 Å². The Labute approximate surface area is 172 Å². The maximum atomic E-state index is 5.15. The fourth-order valence-electron chi connectivity index (χ4n) is 3.93. The fourth-order valence-corrected chi connectivity index (χ4v) is 6.36. The molecule has 27 heavy (non-hydrogen) atoms. The molecule has 5 heterocycles. The lowest BCUT2D eigenvalue weighted by molar-refractivity contribution is 0.299. The van der Waals surface area contributed by atoms with E-state index in [1.807, 2.05) is 11.3 Å². The lowest BCUT2D eigenvalue weighted by atomic mass is 9.92. The van der Waals surface area contributed by atoms with Gasteiger partial charge < -0.3 is 4.90 Å². The molecule has 0 fully saturated rings. The molecular formula is C21H21N3S3. The van der Waals surface area contributed by atoms with Crippen molar-refractivity contribution >= 4 is 45.7 Å². The highest BCUT2D eigenvalue weighted by atomic mass is 32.2. The zero-order chi connectivity index (χ0) is 18.4. The van der Waals surface area contributed by atoms with Crippen LogP contribution in [0.3, 0.4) is 0 Å². The average Bonchev–Trinajstić information content (AvgIpc) is 3.43. The van der Waals surface area contributed by atoms with Gasteiger partial charge in [-0.1, -0.05) is 30.8 Å². The van der Waals surface area contributed by atoms with Crippen molar-refractivity contribution in [1.82, 2.24) is 9.80 Å². The summed E-state index contributed by atoms with van der Waals surface area (Å²) < 4.78 is 0. The normalized spacial score (nSPS) is 24.1. The first-order valence-electron chi connectivity index (χ1n) is 9.19. The molecule has 2 aromatic rings. The zero-order valence-electron chi connectivity index (χ0n) is 15.4. The van der Waals surface area contributed by atoms with E-state index >= 15 is 0 Å². The third kappa shape index (κ3) is 3.05. The average molecular weight is 412 g/mol. The van der Waals surface area contributed by atoms with E-state index in [1.54, 1.807) is 23.1 Å². The molecule has 1 atom stereocenters. The lowest BCUT2D eigenvalue weighted by Crippen LogP contribution is -2.41. The van der Waals surface area contributed by atoms with E-state index in [0.29, 0.717) is 0 Å². The molecule has 1 unspecified atom stereocenters. The molecule has 138 valence electrons. The highest BCUT2D eigenvalue weighted by Gasteiger charge is 2.40. The van der Waals surface area contributed by atoms with E-state index in [-0.39, 0.29) is 6.04 Å². The van der Waals surface area contributed by atoms with Crippen LogP contribution >= 0.6 is 34.4 Å². The summed E-state index contributed by atoms with van der Waals surface area (Å²) in [5.74, 6) is 0. The molecule has 5 rings (SSSR count). The van der Waals surface area contributed by atoms with Crippen molar-refractivity contribution in [2.45, 2.75) is 19.9 Å². The van der Waals surface area contributed by atoms with Crippen LogP contribution in [0.15, 0.2) is 68.0 Å². The number of aliphatic imine (C=N–C) groups is 1. The lowest BCUT2D eigenvalue weighted by Gasteiger charge is -2.41. The van der Waals surface area contributed by atoms with Gasteiger partial charge >= 0.3 is 0 Å². The van der Waals surface area contributed by atoms with Gasteiger partial charge in [-0.2, -0.15) is 0 Å². The quantitative estimate of drug-likeness (QED) is 0.636. The highest BCUT2D eigenvalue weighted by Crippen LogP contribution is 2.47. The van der Waals surface area contributed by atoms with Crippen LogP contribution in [0, 0.1) is 0 Å². The maximum absolute atomic E-state index is 5.15. The highest BCUT2D eigenvalue weighted by molar-refractivity contribution is 8.16. The molecule has 3 aliphatic heterocycles. The van der Waals surface area contributed by atoms with Crippen molar-refractivity contribution in [3.05, 3.63) is 72.7 Å². The molecule has 0 spiro atoms. The summed E-state index contributed by atoms with van der Waals surface area (Å²) in [5, 5.41) is 7.68.